The van der Waals surface area contributed by atoms with Crippen molar-refractivity contribution in [1.82, 2.24) is 9.97 Å². The van der Waals surface area contributed by atoms with Gasteiger partial charge in [0.1, 0.15) is 5.82 Å². The Balaban J connectivity index is 2.16. The minimum Gasteiger partial charge on any atom is -0.340 e. The summed E-state index contributed by atoms with van der Waals surface area (Å²) >= 11 is 0. The number of rotatable bonds is 2. The molecule has 4 nitrogen and oxygen atoms in total. The second-order valence-electron chi connectivity index (χ2n) is 5.70. The van der Waals surface area contributed by atoms with E-state index in [2.05, 4.69) is 16.0 Å². The fourth-order valence-electron chi connectivity index (χ4n) is 2.31. The van der Waals surface area contributed by atoms with Gasteiger partial charge in [-0.25, -0.2) is 4.98 Å². The van der Waals surface area contributed by atoms with Crippen molar-refractivity contribution in [3.8, 4) is 17.2 Å². The summed E-state index contributed by atoms with van der Waals surface area (Å²) in [5, 5.41) is 9.22. The molecule has 0 radical (unpaired) electrons. The van der Waals surface area contributed by atoms with Crippen LogP contribution in [0.4, 0.5) is 0 Å². The number of nitrogens with zero attached hydrogens (tertiary/aromatic N) is 2. The van der Waals surface area contributed by atoms with E-state index < -0.39 is 5.54 Å². The molecule has 0 saturated carbocycles. The van der Waals surface area contributed by atoms with Crippen molar-refractivity contribution in [1.29, 1.82) is 5.26 Å². The third-order valence-electron chi connectivity index (χ3n) is 3.45. The van der Waals surface area contributed by atoms with Gasteiger partial charge >= 0.3 is 0 Å². The van der Waals surface area contributed by atoms with Crippen molar-refractivity contribution in [3.05, 3.63) is 53.9 Å². The molecule has 1 aromatic heterocycles. The number of aromatic amines is 1. The summed E-state index contributed by atoms with van der Waals surface area (Å²) in [6.07, 6.45) is 0. The van der Waals surface area contributed by atoms with Crippen LogP contribution in [-0.4, -0.2) is 9.97 Å². The molecular weight excluding hydrogens is 260 g/mol. The Kier molecular flexibility index (Phi) is 3.00. The molecule has 0 atom stereocenters. The molecule has 0 unspecified atom stereocenters. The van der Waals surface area contributed by atoms with E-state index in [4.69, 9.17) is 5.73 Å². The predicted molar refractivity (Wildman–Crippen MR) is 83.5 cm³/mol. The maximum Gasteiger partial charge on any atom is 0.126 e. The van der Waals surface area contributed by atoms with Gasteiger partial charge in [-0.05, 0) is 43.2 Å². The van der Waals surface area contributed by atoms with Crippen LogP contribution in [0.5, 0.6) is 0 Å². The number of hydrogen-bond acceptors (Lipinski definition) is 3. The highest BCUT2D eigenvalue weighted by molar-refractivity contribution is 5.83. The first-order valence-electron chi connectivity index (χ1n) is 6.77. The average Bonchev–Trinajstić information content (AvgIpc) is 2.90. The van der Waals surface area contributed by atoms with Gasteiger partial charge < -0.3 is 10.7 Å². The Morgan fingerprint density at radius 1 is 1.19 bits per heavy atom. The van der Waals surface area contributed by atoms with Gasteiger partial charge in [0, 0.05) is 0 Å². The minimum absolute atomic E-state index is 0.510. The molecule has 104 valence electrons. The second-order valence-corrected chi connectivity index (χ2v) is 5.70. The van der Waals surface area contributed by atoms with E-state index in [1.54, 1.807) is 0 Å². The monoisotopic (exact) mass is 276 g/mol. The van der Waals surface area contributed by atoms with E-state index in [0.717, 1.165) is 28.0 Å². The lowest BCUT2D eigenvalue weighted by atomic mass is 10.0. The lowest BCUT2D eigenvalue weighted by Gasteiger charge is -2.14. The van der Waals surface area contributed by atoms with Crippen LogP contribution < -0.4 is 5.73 Å². The maximum absolute atomic E-state index is 9.22. The molecule has 1 heterocycles. The van der Waals surface area contributed by atoms with Gasteiger partial charge in [-0.3, -0.25) is 0 Å². The maximum atomic E-state index is 9.22. The van der Waals surface area contributed by atoms with Crippen molar-refractivity contribution in [2.24, 2.45) is 5.73 Å². The van der Waals surface area contributed by atoms with Crippen LogP contribution in [0, 0.1) is 11.3 Å². The van der Waals surface area contributed by atoms with Gasteiger partial charge in [0.05, 0.1) is 28.2 Å². The van der Waals surface area contributed by atoms with Crippen molar-refractivity contribution in [2.75, 3.05) is 0 Å². The zero-order valence-corrected chi connectivity index (χ0v) is 12.0. The molecular formula is C17H16N4. The number of nitrogens with one attached hydrogen (secondary N) is 1. The first-order valence-corrected chi connectivity index (χ1v) is 6.77. The van der Waals surface area contributed by atoms with Gasteiger partial charge in [-0.2, -0.15) is 5.26 Å². The Morgan fingerprint density at radius 3 is 2.67 bits per heavy atom. The van der Waals surface area contributed by atoms with Gasteiger partial charge in [-0.1, -0.05) is 24.3 Å². The molecule has 0 amide bonds. The first kappa shape index (κ1) is 13.3. The third-order valence-corrected chi connectivity index (χ3v) is 3.45. The zero-order chi connectivity index (χ0) is 15.0. The molecule has 0 aliphatic carbocycles. The van der Waals surface area contributed by atoms with E-state index >= 15 is 0 Å². The Morgan fingerprint density at radius 2 is 1.95 bits per heavy atom. The summed E-state index contributed by atoms with van der Waals surface area (Å²) in [4.78, 5) is 7.78. The highest BCUT2D eigenvalue weighted by Crippen LogP contribution is 2.27. The predicted octanol–water partition coefficient (Wildman–Crippen LogP) is 3.30. The van der Waals surface area contributed by atoms with Crippen LogP contribution in [0.3, 0.4) is 0 Å². The molecule has 3 rings (SSSR count). The van der Waals surface area contributed by atoms with Crippen molar-refractivity contribution < 1.29 is 0 Å². The van der Waals surface area contributed by atoms with Crippen LogP contribution in [0.2, 0.25) is 0 Å². The molecule has 0 aliphatic rings. The van der Waals surface area contributed by atoms with E-state index in [1.165, 1.54) is 0 Å². The van der Waals surface area contributed by atoms with Crippen LogP contribution in [0.25, 0.3) is 22.2 Å². The van der Waals surface area contributed by atoms with E-state index in [0.29, 0.717) is 5.56 Å². The van der Waals surface area contributed by atoms with Crippen LogP contribution in [0.15, 0.2) is 42.5 Å². The lowest BCUT2D eigenvalue weighted by molar-refractivity contribution is 0.522. The molecule has 0 saturated heterocycles. The van der Waals surface area contributed by atoms with Gasteiger partial charge in [-0.15, -0.1) is 0 Å². The largest absolute Gasteiger partial charge is 0.340 e. The zero-order valence-electron chi connectivity index (χ0n) is 12.0. The average molecular weight is 276 g/mol. The van der Waals surface area contributed by atoms with Crippen molar-refractivity contribution >= 4 is 11.0 Å². The van der Waals surface area contributed by atoms with Gasteiger partial charge in [0.15, 0.2) is 0 Å². The van der Waals surface area contributed by atoms with E-state index in [9.17, 15) is 5.26 Å². The fraction of sp³-hybridized carbons (Fsp3) is 0.176. The summed E-state index contributed by atoms with van der Waals surface area (Å²) in [5.41, 5.74) is 9.94. The fourth-order valence-corrected chi connectivity index (χ4v) is 2.31. The van der Waals surface area contributed by atoms with Crippen molar-refractivity contribution in [3.63, 3.8) is 0 Å². The molecule has 3 aromatic rings. The van der Waals surface area contributed by atoms with Crippen LogP contribution in [-0.2, 0) is 5.54 Å². The number of nitrogens with two attached hydrogens (primary N) is 1. The first-order chi connectivity index (χ1) is 9.99. The second kappa shape index (κ2) is 4.72. The molecule has 3 N–H and O–H groups in total. The smallest absolute Gasteiger partial charge is 0.126 e. The highest BCUT2D eigenvalue weighted by atomic mass is 15.0. The summed E-state index contributed by atoms with van der Waals surface area (Å²) in [6, 6.07) is 15.7. The number of hydrogen-bond donors (Lipinski definition) is 2. The number of nitriles is 1. The minimum atomic E-state index is -0.510. The van der Waals surface area contributed by atoms with E-state index in [-0.39, 0.29) is 0 Å². The third kappa shape index (κ3) is 2.39. The number of benzene rings is 2. The molecule has 0 bridgehead atoms. The van der Waals surface area contributed by atoms with E-state index in [1.807, 2.05) is 56.3 Å². The number of fused-ring (bicyclic) bond motifs is 1. The lowest BCUT2D eigenvalue weighted by Crippen LogP contribution is -2.30. The van der Waals surface area contributed by atoms with Crippen LogP contribution in [0.1, 0.15) is 25.2 Å². The van der Waals surface area contributed by atoms with Gasteiger partial charge in [0.25, 0.3) is 0 Å². The topological polar surface area (TPSA) is 78.5 Å². The quantitative estimate of drug-likeness (QED) is 0.753. The molecule has 2 aromatic carbocycles. The summed E-state index contributed by atoms with van der Waals surface area (Å²) in [6.45, 7) is 3.83. The standard InChI is InChI=1S/C17H16N4/c1-17(2,19)16-20-14-8-7-11(9-15(14)21-16)13-6-4-3-5-12(13)10-18/h3-9H,19H2,1-2H3,(H,20,21). The molecule has 21 heavy (non-hydrogen) atoms. The number of imidazole rings is 1. The Bertz CT molecular complexity index is 847. The Labute approximate surface area is 123 Å². The van der Waals surface area contributed by atoms with Crippen LogP contribution >= 0.6 is 0 Å². The molecule has 4 heteroatoms. The molecule has 0 spiro atoms. The Hall–Kier alpha value is -2.64. The van der Waals surface area contributed by atoms with Gasteiger partial charge in [0.2, 0.25) is 0 Å². The molecule has 0 fully saturated rings. The number of aromatic nitrogens is 2. The SMILES string of the molecule is CC(C)(N)c1nc2ccc(-c3ccccc3C#N)cc2[nH]1. The summed E-state index contributed by atoms with van der Waals surface area (Å²) < 4.78 is 0. The van der Waals surface area contributed by atoms with Crippen molar-refractivity contribution in [2.45, 2.75) is 19.4 Å². The summed E-state index contributed by atoms with van der Waals surface area (Å²) in [7, 11) is 0. The summed E-state index contributed by atoms with van der Waals surface area (Å²) in [5.74, 6) is 0.753. The highest BCUT2D eigenvalue weighted by Gasteiger charge is 2.18. The number of H-pyrrole nitrogens is 1. The normalized spacial score (nSPS) is 11.5. The molecule has 0 aliphatic heterocycles.